The van der Waals surface area contributed by atoms with Crippen molar-refractivity contribution in [3.8, 4) is 46.0 Å². The lowest BCUT2D eigenvalue weighted by molar-refractivity contribution is 0.315. The lowest BCUT2D eigenvalue weighted by Crippen LogP contribution is -2.29. The summed E-state index contributed by atoms with van der Waals surface area (Å²) in [5.74, 6) is 1.83. The maximum absolute atomic E-state index is 12.9. The third-order valence-electron chi connectivity index (χ3n) is 34.3. The number of phenolic OH excluding ortho intramolecular Hbond substituents is 8. The van der Waals surface area contributed by atoms with Gasteiger partial charge in [-0.05, 0) is 354 Å². The van der Waals surface area contributed by atoms with Crippen LogP contribution in [0.2, 0.25) is 0 Å². The Balaban J connectivity index is 0.851. The Morgan fingerprint density at radius 3 is 0.325 bits per heavy atom. The van der Waals surface area contributed by atoms with E-state index in [1.54, 1.807) is 0 Å². The first-order chi connectivity index (χ1) is 57.5. The molecular weight excluding hydrogens is 1470 g/mol. The molecule has 0 unspecified atom stereocenters. The van der Waals surface area contributed by atoms with Crippen molar-refractivity contribution in [3.63, 3.8) is 0 Å². The van der Waals surface area contributed by atoms with Gasteiger partial charge in [-0.25, -0.2) is 0 Å². The van der Waals surface area contributed by atoms with Gasteiger partial charge in [-0.15, -0.1) is 0 Å². The Labute approximate surface area is 719 Å². The van der Waals surface area contributed by atoms with Crippen LogP contribution in [0.3, 0.4) is 0 Å². The van der Waals surface area contributed by atoms with Crippen LogP contribution in [0.15, 0.2) is 97.1 Å². The third kappa shape index (κ3) is 16.7. The van der Waals surface area contributed by atoms with Gasteiger partial charge in [-0.2, -0.15) is 0 Å². The summed E-state index contributed by atoms with van der Waals surface area (Å²) in [7, 11) is 0. The smallest absolute Gasteiger partial charge is 0.119 e. The minimum Gasteiger partial charge on any atom is -0.508 e. The number of aromatic hydroxyl groups is 8. The lowest BCUT2D eigenvalue weighted by atomic mass is 9.66. The number of hydrogen-bond donors (Lipinski definition) is 8. The zero-order valence-corrected chi connectivity index (χ0v) is 74.8. The van der Waals surface area contributed by atoms with Crippen LogP contribution in [-0.2, 0) is 94.7 Å². The fourth-order valence-corrected chi connectivity index (χ4v) is 26.7. The minimum atomic E-state index is -0.161. The molecule has 30 aliphatic carbocycles. The van der Waals surface area contributed by atoms with E-state index in [0.29, 0.717) is 51.4 Å². The van der Waals surface area contributed by atoms with Crippen LogP contribution >= 0.6 is 0 Å². The van der Waals surface area contributed by atoms with Gasteiger partial charge in [0.1, 0.15) is 46.0 Å². The van der Waals surface area contributed by atoms with E-state index in [2.05, 4.69) is 152 Å². The molecule has 8 saturated carbocycles. The molecule has 30 aliphatic rings. The van der Waals surface area contributed by atoms with Gasteiger partial charge in [0.25, 0.3) is 0 Å². The third-order valence-corrected chi connectivity index (χ3v) is 34.3. The second kappa shape index (κ2) is 33.7. The fraction of sp³-hybridized carbons (Fsp3) is 0.571. The summed E-state index contributed by atoms with van der Waals surface area (Å²) in [6.45, 7) is 19.6. The molecule has 0 aromatic heterocycles. The van der Waals surface area contributed by atoms with Crippen molar-refractivity contribution < 1.29 is 40.9 Å². The highest BCUT2D eigenvalue weighted by atomic mass is 16.3. The molecule has 8 N–H and O–H groups in total. The van der Waals surface area contributed by atoms with E-state index >= 15 is 0 Å². The van der Waals surface area contributed by atoms with Gasteiger partial charge in [-0.1, -0.05) is 258 Å². The largest absolute Gasteiger partial charge is 0.508 e. The highest BCUT2D eigenvalue weighted by molar-refractivity contribution is 5.62. The van der Waals surface area contributed by atoms with Gasteiger partial charge in [0.15, 0.2) is 0 Å². The second-order valence-electron chi connectivity index (χ2n) is 43.5. The van der Waals surface area contributed by atoms with Crippen molar-refractivity contribution in [3.05, 3.63) is 231 Å². The average molecular weight is 1620 g/mol. The molecule has 0 spiro atoms. The van der Waals surface area contributed by atoms with Gasteiger partial charge >= 0.3 is 0 Å². The van der Waals surface area contributed by atoms with Crippen LogP contribution in [0.25, 0.3) is 0 Å². The summed E-state index contributed by atoms with van der Waals surface area (Å²) in [5.41, 5.74) is 24.0. The molecule has 8 aromatic rings. The van der Waals surface area contributed by atoms with Gasteiger partial charge in [-0.3, -0.25) is 0 Å². The number of phenols is 8. The molecule has 0 atom stereocenters. The Kier molecular flexibility index (Phi) is 23.7. The molecule has 8 nitrogen and oxygen atoms in total. The van der Waals surface area contributed by atoms with E-state index in [1.165, 1.54) is 95.9 Å². The minimum absolute atomic E-state index is 0.161. The predicted molar refractivity (Wildman–Crippen MR) is 491 cm³/mol. The van der Waals surface area contributed by atoms with Crippen LogP contribution in [0.4, 0.5) is 0 Å². The molecule has 38 rings (SSSR count). The van der Waals surface area contributed by atoms with Crippen LogP contribution < -0.4 is 0 Å². The molecule has 120 heavy (non-hydrogen) atoms. The Hall–Kier alpha value is -7.84. The van der Waals surface area contributed by atoms with Crippen LogP contribution in [0.5, 0.6) is 46.0 Å². The molecule has 0 aliphatic heterocycles. The van der Waals surface area contributed by atoms with Crippen molar-refractivity contribution >= 4 is 0 Å². The van der Waals surface area contributed by atoms with Crippen molar-refractivity contribution in [1.29, 1.82) is 0 Å². The maximum atomic E-state index is 12.9. The van der Waals surface area contributed by atoms with E-state index < -0.39 is 0 Å². The summed E-state index contributed by atoms with van der Waals surface area (Å²) in [6, 6.07) is 35.0. The van der Waals surface area contributed by atoms with Crippen molar-refractivity contribution in [2.24, 2.45) is 0 Å². The predicted octanol–water partition coefficient (Wildman–Crippen LogP) is 28.1. The fourth-order valence-electron chi connectivity index (χ4n) is 26.7. The van der Waals surface area contributed by atoms with Gasteiger partial charge in [0, 0.05) is 25.7 Å². The van der Waals surface area contributed by atoms with E-state index in [9.17, 15) is 40.9 Å². The molecule has 16 bridgehead atoms. The van der Waals surface area contributed by atoms with Crippen LogP contribution in [0.1, 0.15) is 446 Å². The molecular formula is C112H144O8. The number of rotatable bonds is 8. The Morgan fingerprint density at radius 2 is 0.225 bits per heavy atom. The first kappa shape index (κ1) is 84.4. The van der Waals surface area contributed by atoms with Crippen molar-refractivity contribution in [2.75, 3.05) is 0 Å². The highest BCUT2D eigenvalue weighted by Gasteiger charge is 2.43. The SMILES string of the molecule is CC1(c2cc3c(O)cc2Cc2cc(O)c(cc2C2(C)CCCCC2)Cc2cc(C4(C)CCCCC4)c(cc2O)Cc2cc(O)c(cc2C2(C)CCCCC2)Cc2cc(C4(C)CCCCC4)c(cc2O)Cc2cc(O)c(cc2C2(C)CCCCC2)Cc2cc(C4(C)CCCCC4)c(cc2O)Cc2cc(O)c(cc2C2(C)CCCCC2)C3)CCCCC1. The lowest BCUT2D eigenvalue weighted by Gasteiger charge is -2.38. The quantitative estimate of drug-likeness (QED) is 0.0746. The Bertz CT molecular complexity index is 4160. The maximum Gasteiger partial charge on any atom is 0.119 e. The standard InChI is InChI=1S/C112H144O8/c1-105(33-17-9-18-34-105)89-57-81-53-82-58-91(107(3)37-21-11-22-38-107)75(67-99(82)115)50-76-68-101(117)85(61-93(76)109(5)41-25-13-26-42-109)55-86-62-95(111(7)45-29-15-30-46-111)79(71-103(86)119)52-80-72-104(120)88(64-96(80)112(8)47-31-16-32-48-112)56-87-63-94(110(6)43-27-14-28-44-110)78(70-102(87)118)51-77-69-100(116)84(60-92(77)108(4)39-23-12-24-40-108)54-83-59-90(106(2)35-19-10-20-36-106)74(66-98(83)114)49-73(89)65-97(81)113/h57-72,113-120H,9-56H2,1-8H3. The summed E-state index contributed by atoms with van der Waals surface area (Å²) in [4.78, 5) is 0. The summed E-state index contributed by atoms with van der Waals surface area (Å²) < 4.78 is 0. The van der Waals surface area contributed by atoms with E-state index in [-0.39, 0.29) is 89.3 Å². The highest BCUT2D eigenvalue weighted by Crippen LogP contribution is 2.55. The second-order valence-corrected chi connectivity index (χ2v) is 43.5. The van der Waals surface area contributed by atoms with Gasteiger partial charge in [0.2, 0.25) is 0 Å². The normalized spacial score (nSPS) is 22.2. The number of benzene rings is 8. The molecule has 0 radical (unpaired) electrons. The monoisotopic (exact) mass is 1620 g/mol. The summed E-state index contributed by atoms with van der Waals surface area (Å²) >= 11 is 0. The zero-order chi connectivity index (χ0) is 83.7. The Morgan fingerprint density at radius 1 is 0.133 bits per heavy atom. The molecule has 8 aromatic carbocycles. The molecule has 0 saturated heterocycles. The van der Waals surface area contributed by atoms with E-state index in [0.717, 1.165) is 294 Å². The van der Waals surface area contributed by atoms with Crippen molar-refractivity contribution in [2.45, 2.75) is 407 Å². The van der Waals surface area contributed by atoms with E-state index in [1.807, 2.05) is 0 Å². The molecule has 0 amide bonds. The first-order valence-corrected chi connectivity index (χ1v) is 48.3. The van der Waals surface area contributed by atoms with Gasteiger partial charge < -0.3 is 40.9 Å². The van der Waals surface area contributed by atoms with Crippen LogP contribution in [-0.4, -0.2) is 40.9 Å². The first-order valence-electron chi connectivity index (χ1n) is 48.3. The molecule has 0 heterocycles. The summed E-state index contributed by atoms with van der Waals surface area (Å²) in [5, 5.41) is 103. The molecule has 8 fully saturated rings. The summed E-state index contributed by atoms with van der Waals surface area (Å²) in [6.07, 6.45) is 47.8. The van der Waals surface area contributed by atoms with Crippen molar-refractivity contribution in [1.82, 2.24) is 0 Å². The average Bonchev–Trinajstić information content (AvgIpc) is 0.757. The van der Waals surface area contributed by atoms with Crippen LogP contribution in [0, 0.1) is 0 Å². The molecule has 8 heteroatoms. The van der Waals surface area contributed by atoms with Gasteiger partial charge in [0.05, 0.1) is 0 Å². The van der Waals surface area contributed by atoms with E-state index in [4.69, 9.17) is 0 Å². The zero-order valence-electron chi connectivity index (χ0n) is 74.8. The number of hydrogen-bond acceptors (Lipinski definition) is 8. The topological polar surface area (TPSA) is 162 Å². The molecule has 640 valence electrons.